The zero-order valence-electron chi connectivity index (χ0n) is 12.3. The van der Waals surface area contributed by atoms with Crippen molar-refractivity contribution in [1.82, 2.24) is 5.32 Å². The minimum atomic E-state index is -0.0553. The van der Waals surface area contributed by atoms with Crippen LogP contribution in [0.25, 0.3) is 0 Å². The summed E-state index contributed by atoms with van der Waals surface area (Å²) in [6.07, 6.45) is 7.59. The lowest BCUT2D eigenvalue weighted by molar-refractivity contribution is -0.124. The van der Waals surface area contributed by atoms with E-state index >= 15 is 0 Å². The second-order valence-electron chi connectivity index (χ2n) is 6.51. The van der Waals surface area contributed by atoms with E-state index in [0.717, 1.165) is 19.4 Å². The van der Waals surface area contributed by atoms with E-state index in [9.17, 15) is 4.79 Å². The molecular weight excluding hydrogens is 224 g/mol. The zero-order chi connectivity index (χ0) is 13.6. The molecule has 0 heterocycles. The molecule has 106 valence electrons. The number of nitrogens with two attached hydrogens (primary N) is 1. The maximum Gasteiger partial charge on any atom is 0.220 e. The van der Waals surface area contributed by atoms with E-state index in [0.29, 0.717) is 18.3 Å². The smallest absolute Gasteiger partial charge is 0.220 e. The van der Waals surface area contributed by atoms with Crippen molar-refractivity contribution in [3.63, 3.8) is 0 Å². The second-order valence-corrected chi connectivity index (χ2v) is 6.51. The summed E-state index contributed by atoms with van der Waals surface area (Å²) in [7, 11) is 0. The van der Waals surface area contributed by atoms with Gasteiger partial charge >= 0.3 is 0 Å². The van der Waals surface area contributed by atoms with Gasteiger partial charge < -0.3 is 11.1 Å². The first-order valence-electron chi connectivity index (χ1n) is 7.48. The number of carbonyl (C=O) groups excluding carboxylic acids is 1. The van der Waals surface area contributed by atoms with E-state index in [1.807, 2.05) is 0 Å². The first kappa shape index (κ1) is 15.5. The van der Waals surface area contributed by atoms with Crippen molar-refractivity contribution in [1.29, 1.82) is 0 Å². The molecule has 0 aliphatic heterocycles. The normalized spacial score (nSPS) is 24.9. The lowest BCUT2D eigenvalue weighted by Crippen LogP contribution is -2.44. The van der Waals surface area contributed by atoms with Gasteiger partial charge in [-0.2, -0.15) is 0 Å². The van der Waals surface area contributed by atoms with Crippen molar-refractivity contribution in [2.45, 2.75) is 71.3 Å². The molecule has 3 N–H and O–H groups in total. The van der Waals surface area contributed by atoms with E-state index in [-0.39, 0.29) is 11.4 Å². The first-order chi connectivity index (χ1) is 8.46. The summed E-state index contributed by atoms with van der Waals surface area (Å²) in [4.78, 5) is 12.0. The average molecular weight is 254 g/mol. The Balaban J connectivity index is 2.28. The molecule has 0 aromatic rings. The van der Waals surface area contributed by atoms with E-state index in [1.165, 1.54) is 25.7 Å². The molecule has 0 unspecified atom stereocenters. The van der Waals surface area contributed by atoms with Crippen LogP contribution in [-0.2, 0) is 4.79 Å². The van der Waals surface area contributed by atoms with Crippen LogP contribution in [0.1, 0.15) is 65.7 Å². The number of hydrogen-bond donors (Lipinski definition) is 2. The topological polar surface area (TPSA) is 55.1 Å². The summed E-state index contributed by atoms with van der Waals surface area (Å²) in [5.74, 6) is 1.50. The van der Waals surface area contributed by atoms with Crippen molar-refractivity contribution in [2.24, 2.45) is 17.6 Å². The summed E-state index contributed by atoms with van der Waals surface area (Å²) in [5.41, 5.74) is 5.63. The quantitative estimate of drug-likeness (QED) is 0.766. The highest BCUT2D eigenvalue weighted by Gasteiger charge is 2.25. The van der Waals surface area contributed by atoms with Gasteiger partial charge in [-0.1, -0.05) is 13.3 Å². The summed E-state index contributed by atoms with van der Waals surface area (Å²) < 4.78 is 0. The third kappa shape index (κ3) is 5.38. The van der Waals surface area contributed by atoms with Crippen molar-refractivity contribution < 1.29 is 4.79 Å². The van der Waals surface area contributed by atoms with E-state index in [2.05, 4.69) is 26.1 Å². The SMILES string of the molecule is CCCC(C)(C)NC(=O)CC1CCC(CN)CC1. The highest BCUT2D eigenvalue weighted by molar-refractivity contribution is 5.76. The second kappa shape index (κ2) is 7.13. The van der Waals surface area contributed by atoms with Gasteiger partial charge in [0, 0.05) is 12.0 Å². The van der Waals surface area contributed by atoms with Crippen LogP contribution in [0.3, 0.4) is 0 Å². The summed E-state index contributed by atoms with van der Waals surface area (Å²) in [6, 6.07) is 0. The highest BCUT2D eigenvalue weighted by atomic mass is 16.1. The van der Waals surface area contributed by atoms with Crippen molar-refractivity contribution in [2.75, 3.05) is 6.54 Å². The van der Waals surface area contributed by atoms with Gasteiger partial charge in [-0.05, 0) is 64.3 Å². The van der Waals surface area contributed by atoms with Crippen LogP contribution in [-0.4, -0.2) is 18.0 Å². The average Bonchev–Trinajstić information content (AvgIpc) is 2.28. The monoisotopic (exact) mass is 254 g/mol. The van der Waals surface area contributed by atoms with Crippen LogP contribution in [0.15, 0.2) is 0 Å². The molecule has 0 bridgehead atoms. The van der Waals surface area contributed by atoms with Crippen LogP contribution in [0.5, 0.6) is 0 Å². The molecule has 1 rings (SSSR count). The number of nitrogens with one attached hydrogen (secondary N) is 1. The number of rotatable bonds is 6. The van der Waals surface area contributed by atoms with Crippen LogP contribution < -0.4 is 11.1 Å². The molecule has 1 saturated carbocycles. The Labute approximate surface area is 112 Å². The largest absolute Gasteiger partial charge is 0.351 e. The Morgan fingerprint density at radius 1 is 1.22 bits per heavy atom. The van der Waals surface area contributed by atoms with Gasteiger partial charge in [0.2, 0.25) is 5.91 Å². The van der Waals surface area contributed by atoms with Crippen LogP contribution in [0.4, 0.5) is 0 Å². The van der Waals surface area contributed by atoms with Crippen LogP contribution >= 0.6 is 0 Å². The van der Waals surface area contributed by atoms with Crippen molar-refractivity contribution in [3.8, 4) is 0 Å². The Bertz CT molecular complexity index is 255. The fourth-order valence-electron chi connectivity index (χ4n) is 3.05. The standard InChI is InChI=1S/C15H30N2O/c1-4-9-15(2,3)17-14(18)10-12-5-7-13(11-16)8-6-12/h12-13H,4-11,16H2,1-3H3,(H,17,18). The summed E-state index contributed by atoms with van der Waals surface area (Å²) >= 11 is 0. The molecule has 0 aromatic carbocycles. The number of amides is 1. The van der Waals surface area contributed by atoms with Crippen molar-refractivity contribution in [3.05, 3.63) is 0 Å². The van der Waals surface area contributed by atoms with Crippen LogP contribution in [0, 0.1) is 11.8 Å². The summed E-state index contributed by atoms with van der Waals surface area (Å²) in [5, 5.41) is 3.17. The minimum absolute atomic E-state index is 0.0553. The van der Waals surface area contributed by atoms with Crippen LogP contribution in [0.2, 0.25) is 0 Å². The van der Waals surface area contributed by atoms with Gasteiger partial charge in [0.05, 0.1) is 0 Å². The lowest BCUT2D eigenvalue weighted by Gasteiger charge is -2.30. The Hall–Kier alpha value is -0.570. The minimum Gasteiger partial charge on any atom is -0.351 e. The number of hydrogen-bond acceptors (Lipinski definition) is 2. The molecule has 1 aliphatic rings. The number of carbonyl (C=O) groups is 1. The van der Waals surface area contributed by atoms with Gasteiger partial charge in [0.15, 0.2) is 0 Å². The van der Waals surface area contributed by atoms with E-state index < -0.39 is 0 Å². The maximum atomic E-state index is 12.0. The molecule has 3 heteroatoms. The lowest BCUT2D eigenvalue weighted by atomic mass is 9.80. The third-order valence-electron chi connectivity index (χ3n) is 4.13. The fraction of sp³-hybridized carbons (Fsp3) is 0.933. The molecule has 1 amide bonds. The third-order valence-corrected chi connectivity index (χ3v) is 4.13. The zero-order valence-corrected chi connectivity index (χ0v) is 12.3. The van der Waals surface area contributed by atoms with Gasteiger partial charge in [-0.3, -0.25) is 4.79 Å². The van der Waals surface area contributed by atoms with Gasteiger partial charge in [0.25, 0.3) is 0 Å². The molecule has 0 saturated heterocycles. The molecule has 0 atom stereocenters. The van der Waals surface area contributed by atoms with Gasteiger partial charge in [-0.15, -0.1) is 0 Å². The predicted octanol–water partition coefficient (Wildman–Crippen LogP) is 2.84. The Kier molecular flexibility index (Phi) is 6.13. The van der Waals surface area contributed by atoms with E-state index in [4.69, 9.17) is 5.73 Å². The molecule has 1 fully saturated rings. The fourth-order valence-corrected chi connectivity index (χ4v) is 3.05. The molecule has 0 spiro atoms. The van der Waals surface area contributed by atoms with Gasteiger partial charge in [0.1, 0.15) is 0 Å². The van der Waals surface area contributed by atoms with E-state index in [1.54, 1.807) is 0 Å². The Morgan fingerprint density at radius 3 is 2.28 bits per heavy atom. The molecule has 3 nitrogen and oxygen atoms in total. The van der Waals surface area contributed by atoms with Crippen molar-refractivity contribution >= 4 is 5.91 Å². The van der Waals surface area contributed by atoms with Gasteiger partial charge in [-0.25, -0.2) is 0 Å². The molecule has 1 aliphatic carbocycles. The maximum absolute atomic E-state index is 12.0. The molecule has 0 aromatic heterocycles. The molecule has 0 radical (unpaired) electrons. The summed E-state index contributed by atoms with van der Waals surface area (Å²) in [6.45, 7) is 7.18. The molecule has 18 heavy (non-hydrogen) atoms. The Morgan fingerprint density at radius 2 is 1.78 bits per heavy atom. The first-order valence-corrected chi connectivity index (χ1v) is 7.48. The molecular formula is C15H30N2O. The highest BCUT2D eigenvalue weighted by Crippen LogP contribution is 2.30. The predicted molar refractivity (Wildman–Crippen MR) is 76.2 cm³/mol.